The number of carbonyl (C=O) groups is 2. The van der Waals surface area contributed by atoms with Crippen molar-refractivity contribution in [3.63, 3.8) is 0 Å². The van der Waals surface area contributed by atoms with E-state index in [-0.39, 0.29) is 25.2 Å². The van der Waals surface area contributed by atoms with Crippen molar-refractivity contribution in [3.8, 4) is 5.75 Å². The number of ether oxygens (including phenoxy) is 2. The smallest absolute Gasteiger partial charge is 0.344 e. The van der Waals surface area contributed by atoms with E-state index < -0.39 is 5.97 Å². The summed E-state index contributed by atoms with van der Waals surface area (Å²) in [5.41, 5.74) is 0.864. The van der Waals surface area contributed by atoms with E-state index >= 15 is 0 Å². The molecule has 0 unspecified atom stereocenters. The monoisotopic (exact) mass is 367 g/mol. The summed E-state index contributed by atoms with van der Waals surface area (Å²) in [6.07, 6.45) is 3.29. The Kier molecular flexibility index (Phi) is 7.12. The molecule has 0 spiro atoms. The minimum atomic E-state index is -0.576. The molecule has 138 valence electrons. The van der Waals surface area contributed by atoms with Gasteiger partial charge in [-0.15, -0.1) is 0 Å². The van der Waals surface area contributed by atoms with Crippen molar-refractivity contribution in [3.05, 3.63) is 28.8 Å². The first-order chi connectivity index (χ1) is 11.9. The van der Waals surface area contributed by atoms with Crippen LogP contribution >= 0.6 is 11.6 Å². The van der Waals surface area contributed by atoms with Gasteiger partial charge in [0, 0.05) is 11.1 Å². The molecule has 0 heterocycles. The molecule has 0 bridgehead atoms. The van der Waals surface area contributed by atoms with Crippen molar-refractivity contribution >= 4 is 23.5 Å². The Balaban J connectivity index is 1.70. The lowest BCUT2D eigenvalue weighted by atomic mass is 9.78. The van der Waals surface area contributed by atoms with Crippen LogP contribution in [0.5, 0.6) is 5.75 Å². The van der Waals surface area contributed by atoms with E-state index in [1.807, 2.05) is 6.92 Å². The predicted octanol–water partition coefficient (Wildman–Crippen LogP) is 3.51. The summed E-state index contributed by atoms with van der Waals surface area (Å²) in [5.74, 6) is 0.727. The largest absolute Gasteiger partial charge is 0.482 e. The Morgan fingerprint density at radius 2 is 2.00 bits per heavy atom. The lowest BCUT2D eigenvalue weighted by molar-refractivity contribution is -0.150. The fourth-order valence-corrected chi connectivity index (χ4v) is 3.19. The van der Waals surface area contributed by atoms with Crippen LogP contribution in [0.1, 0.15) is 38.7 Å². The maximum Gasteiger partial charge on any atom is 0.344 e. The summed E-state index contributed by atoms with van der Waals surface area (Å²) in [5, 5.41) is 3.61. The highest BCUT2D eigenvalue weighted by molar-refractivity contribution is 6.31. The zero-order valence-electron chi connectivity index (χ0n) is 15.0. The maximum atomic E-state index is 12.0. The molecular formula is C19H26ClNO4. The number of amides is 1. The Morgan fingerprint density at radius 1 is 1.24 bits per heavy atom. The summed E-state index contributed by atoms with van der Waals surface area (Å²) in [4.78, 5) is 23.7. The van der Waals surface area contributed by atoms with Crippen molar-refractivity contribution in [2.45, 2.75) is 46.1 Å². The molecular weight excluding hydrogens is 342 g/mol. The summed E-state index contributed by atoms with van der Waals surface area (Å²) >= 11 is 5.94. The summed E-state index contributed by atoms with van der Waals surface area (Å²) in [6, 6.07) is 5.29. The molecule has 1 aromatic rings. The standard InChI is InChI=1S/C19H26ClNO4/c1-12-5-4-6-17(14(12)3)21-18(22)10-25-19(23)11-24-15-7-8-16(20)13(2)9-15/h7-9,12,14,17H,4-6,10-11H2,1-3H3,(H,21,22)/t12-,14+,17+/m1/s1. The molecule has 0 aliphatic heterocycles. The van der Waals surface area contributed by atoms with Gasteiger partial charge >= 0.3 is 5.97 Å². The number of esters is 1. The normalized spacial score (nSPS) is 23.0. The van der Waals surface area contributed by atoms with Crippen LogP contribution in [-0.4, -0.2) is 31.1 Å². The van der Waals surface area contributed by atoms with Gasteiger partial charge in [0.15, 0.2) is 13.2 Å². The Bertz CT molecular complexity index is 619. The molecule has 1 fully saturated rings. The molecule has 1 saturated carbocycles. The van der Waals surface area contributed by atoms with E-state index in [1.165, 1.54) is 6.42 Å². The fourth-order valence-electron chi connectivity index (χ4n) is 3.07. The van der Waals surface area contributed by atoms with Crippen LogP contribution in [0.3, 0.4) is 0 Å². The summed E-state index contributed by atoms with van der Waals surface area (Å²) in [6.45, 7) is 5.69. The van der Waals surface area contributed by atoms with Gasteiger partial charge in [-0.25, -0.2) is 4.79 Å². The third kappa shape index (κ3) is 5.92. The number of carbonyl (C=O) groups excluding carboxylic acids is 2. The van der Waals surface area contributed by atoms with Crippen molar-refractivity contribution < 1.29 is 19.1 Å². The quantitative estimate of drug-likeness (QED) is 0.781. The highest BCUT2D eigenvalue weighted by atomic mass is 35.5. The topological polar surface area (TPSA) is 64.6 Å². The Morgan fingerprint density at radius 3 is 2.72 bits per heavy atom. The second-order valence-corrected chi connectivity index (χ2v) is 7.21. The lowest BCUT2D eigenvalue weighted by Gasteiger charge is -2.34. The van der Waals surface area contributed by atoms with Gasteiger partial charge in [0.2, 0.25) is 0 Å². The van der Waals surface area contributed by atoms with Gasteiger partial charge in [-0.1, -0.05) is 38.3 Å². The van der Waals surface area contributed by atoms with Crippen LogP contribution < -0.4 is 10.1 Å². The molecule has 3 atom stereocenters. The average Bonchev–Trinajstić information content (AvgIpc) is 2.58. The summed E-state index contributed by atoms with van der Waals surface area (Å²) < 4.78 is 10.3. The van der Waals surface area contributed by atoms with E-state index in [4.69, 9.17) is 21.1 Å². The van der Waals surface area contributed by atoms with Gasteiger partial charge in [-0.3, -0.25) is 4.79 Å². The van der Waals surface area contributed by atoms with E-state index in [1.54, 1.807) is 18.2 Å². The van der Waals surface area contributed by atoms with Gasteiger partial charge in [0.25, 0.3) is 5.91 Å². The van der Waals surface area contributed by atoms with Crippen LogP contribution in [-0.2, 0) is 14.3 Å². The first kappa shape index (κ1) is 19.6. The predicted molar refractivity (Wildman–Crippen MR) is 96.8 cm³/mol. The summed E-state index contributed by atoms with van der Waals surface area (Å²) in [7, 11) is 0. The Hall–Kier alpha value is -1.75. The van der Waals surface area contributed by atoms with Crippen LogP contribution in [0.25, 0.3) is 0 Å². The molecule has 25 heavy (non-hydrogen) atoms. The van der Waals surface area contributed by atoms with Gasteiger partial charge in [-0.2, -0.15) is 0 Å². The van der Waals surface area contributed by atoms with Crippen LogP contribution in [0.15, 0.2) is 18.2 Å². The van der Waals surface area contributed by atoms with Crippen LogP contribution in [0, 0.1) is 18.8 Å². The van der Waals surface area contributed by atoms with E-state index in [0.717, 1.165) is 18.4 Å². The number of halogens is 1. The third-order valence-corrected chi connectivity index (χ3v) is 5.33. The number of aryl methyl sites for hydroxylation is 1. The molecule has 6 heteroatoms. The van der Waals surface area contributed by atoms with E-state index in [0.29, 0.717) is 22.6 Å². The van der Waals surface area contributed by atoms with Crippen molar-refractivity contribution in [1.82, 2.24) is 5.32 Å². The number of hydrogen-bond donors (Lipinski definition) is 1. The molecule has 1 N–H and O–H groups in total. The first-order valence-corrected chi connectivity index (χ1v) is 9.08. The average molecular weight is 368 g/mol. The Labute approximate surface area is 154 Å². The maximum absolute atomic E-state index is 12.0. The number of rotatable bonds is 6. The van der Waals surface area contributed by atoms with Crippen LogP contribution in [0.2, 0.25) is 5.02 Å². The van der Waals surface area contributed by atoms with Crippen LogP contribution in [0.4, 0.5) is 0 Å². The minimum absolute atomic E-state index is 0.156. The molecule has 1 amide bonds. The molecule has 1 aliphatic rings. The van der Waals surface area contributed by atoms with Crippen molar-refractivity contribution in [2.75, 3.05) is 13.2 Å². The number of hydrogen-bond acceptors (Lipinski definition) is 4. The third-order valence-electron chi connectivity index (χ3n) is 4.90. The molecule has 0 saturated heterocycles. The molecule has 2 rings (SSSR count). The SMILES string of the molecule is Cc1cc(OCC(=O)OCC(=O)N[C@H]2CCC[C@@H](C)[C@@H]2C)ccc1Cl. The van der Waals surface area contributed by atoms with Crippen molar-refractivity contribution in [2.24, 2.45) is 11.8 Å². The first-order valence-electron chi connectivity index (χ1n) is 8.70. The van der Waals surface area contributed by atoms with E-state index in [2.05, 4.69) is 19.2 Å². The van der Waals surface area contributed by atoms with Gasteiger partial charge < -0.3 is 14.8 Å². The molecule has 5 nitrogen and oxygen atoms in total. The van der Waals surface area contributed by atoms with E-state index in [9.17, 15) is 9.59 Å². The zero-order chi connectivity index (χ0) is 18.4. The highest BCUT2D eigenvalue weighted by Crippen LogP contribution is 2.29. The fraction of sp³-hybridized carbons (Fsp3) is 0.579. The number of benzene rings is 1. The molecule has 1 aliphatic carbocycles. The highest BCUT2D eigenvalue weighted by Gasteiger charge is 2.28. The number of nitrogens with one attached hydrogen (secondary N) is 1. The second-order valence-electron chi connectivity index (χ2n) is 6.80. The van der Waals surface area contributed by atoms with Gasteiger partial charge in [0.05, 0.1) is 0 Å². The molecule has 0 radical (unpaired) electrons. The minimum Gasteiger partial charge on any atom is -0.482 e. The van der Waals surface area contributed by atoms with Crippen molar-refractivity contribution in [1.29, 1.82) is 0 Å². The lowest BCUT2D eigenvalue weighted by Crippen LogP contribution is -2.45. The molecule has 0 aromatic heterocycles. The zero-order valence-corrected chi connectivity index (χ0v) is 15.8. The molecule has 1 aromatic carbocycles. The van der Waals surface area contributed by atoms with Gasteiger partial charge in [-0.05, 0) is 48.9 Å². The van der Waals surface area contributed by atoms with Gasteiger partial charge in [0.1, 0.15) is 5.75 Å². The second kappa shape index (κ2) is 9.09.